The fraction of sp³-hybridized carbons (Fsp3) is 0.588. The van der Waals surface area contributed by atoms with Crippen molar-refractivity contribution < 1.29 is 14.6 Å². The average molecular weight is 306 g/mol. The SMILES string of the molecule is C[C@H](CNC(=O)Nc1ccc(OCC2CC2)cc1)C[C@H](C)O. The number of hydrogen-bond donors (Lipinski definition) is 3. The predicted molar refractivity (Wildman–Crippen MR) is 87.1 cm³/mol. The first-order valence-electron chi connectivity index (χ1n) is 7.98. The molecule has 2 rings (SSSR count). The van der Waals surface area contributed by atoms with Crippen molar-refractivity contribution in [2.24, 2.45) is 11.8 Å². The Labute approximate surface area is 132 Å². The molecule has 0 heterocycles. The molecule has 22 heavy (non-hydrogen) atoms. The van der Waals surface area contributed by atoms with E-state index in [1.165, 1.54) is 12.8 Å². The Bertz CT molecular complexity index is 469. The number of ether oxygens (including phenoxy) is 1. The summed E-state index contributed by atoms with van der Waals surface area (Å²) in [6.07, 6.45) is 2.87. The van der Waals surface area contributed by atoms with Crippen molar-refractivity contribution in [2.75, 3.05) is 18.5 Å². The molecule has 0 unspecified atom stereocenters. The van der Waals surface area contributed by atoms with Gasteiger partial charge >= 0.3 is 6.03 Å². The zero-order valence-electron chi connectivity index (χ0n) is 13.3. The van der Waals surface area contributed by atoms with Crippen LogP contribution in [0.15, 0.2) is 24.3 Å². The third-order valence-electron chi connectivity index (χ3n) is 3.65. The van der Waals surface area contributed by atoms with Gasteiger partial charge in [-0.05, 0) is 62.3 Å². The van der Waals surface area contributed by atoms with Crippen LogP contribution in [0.3, 0.4) is 0 Å². The molecule has 0 aromatic heterocycles. The molecule has 0 aliphatic heterocycles. The molecule has 2 amide bonds. The third kappa shape index (κ3) is 6.35. The maximum Gasteiger partial charge on any atom is 0.319 e. The fourth-order valence-corrected chi connectivity index (χ4v) is 2.24. The van der Waals surface area contributed by atoms with Crippen molar-refractivity contribution in [1.29, 1.82) is 0 Å². The van der Waals surface area contributed by atoms with Crippen molar-refractivity contribution in [2.45, 2.75) is 39.2 Å². The second kappa shape index (κ2) is 8.03. The first-order valence-corrected chi connectivity index (χ1v) is 7.98. The molecule has 1 aromatic rings. The van der Waals surface area contributed by atoms with Gasteiger partial charge in [-0.3, -0.25) is 0 Å². The lowest BCUT2D eigenvalue weighted by molar-refractivity contribution is 0.163. The Balaban J connectivity index is 1.69. The fourth-order valence-electron chi connectivity index (χ4n) is 2.24. The first kappa shape index (κ1) is 16.6. The summed E-state index contributed by atoms with van der Waals surface area (Å²) < 4.78 is 5.65. The van der Waals surface area contributed by atoms with E-state index in [1.807, 2.05) is 31.2 Å². The van der Waals surface area contributed by atoms with Gasteiger partial charge in [0.05, 0.1) is 12.7 Å². The molecule has 122 valence electrons. The van der Waals surface area contributed by atoms with Crippen LogP contribution in [0.4, 0.5) is 10.5 Å². The van der Waals surface area contributed by atoms with Crippen molar-refractivity contribution in [1.82, 2.24) is 5.32 Å². The molecule has 0 radical (unpaired) electrons. The van der Waals surface area contributed by atoms with Crippen molar-refractivity contribution in [3.8, 4) is 5.75 Å². The van der Waals surface area contributed by atoms with Crippen LogP contribution in [0.25, 0.3) is 0 Å². The van der Waals surface area contributed by atoms with E-state index >= 15 is 0 Å². The van der Waals surface area contributed by atoms with Crippen molar-refractivity contribution >= 4 is 11.7 Å². The molecule has 2 atom stereocenters. The summed E-state index contributed by atoms with van der Waals surface area (Å²) in [5.41, 5.74) is 0.736. The number of benzene rings is 1. The van der Waals surface area contributed by atoms with Crippen LogP contribution in [0.2, 0.25) is 0 Å². The molecule has 0 spiro atoms. The highest BCUT2D eigenvalue weighted by Crippen LogP contribution is 2.29. The number of nitrogens with one attached hydrogen (secondary N) is 2. The molecular weight excluding hydrogens is 280 g/mol. The predicted octanol–water partition coefficient (Wildman–Crippen LogP) is 3.00. The molecule has 3 N–H and O–H groups in total. The summed E-state index contributed by atoms with van der Waals surface area (Å²) in [5, 5.41) is 14.9. The Morgan fingerprint density at radius 1 is 1.32 bits per heavy atom. The molecule has 0 saturated heterocycles. The normalized spacial score (nSPS) is 16.7. The van der Waals surface area contributed by atoms with Gasteiger partial charge in [0.2, 0.25) is 0 Å². The summed E-state index contributed by atoms with van der Waals surface area (Å²) in [5.74, 6) is 1.81. The van der Waals surface area contributed by atoms with Gasteiger partial charge in [-0.25, -0.2) is 4.79 Å². The number of carbonyl (C=O) groups is 1. The Morgan fingerprint density at radius 3 is 2.59 bits per heavy atom. The van der Waals surface area contributed by atoms with Crippen LogP contribution in [0, 0.1) is 11.8 Å². The number of amides is 2. The van der Waals surface area contributed by atoms with E-state index in [1.54, 1.807) is 6.92 Å². The zero-order valence-corrected chi connectivity index (χ0v) is 13.3. The number of carbonyl (C=O) groups excluding carboxylic acids is 1. The minimum Gasteiger partial charge on any atom is -0.493 e. The maximum atomic E-state index is 11.8. The Hall–Kier alpha value is -1.75. The smallest absolute Gasteiger partial charge is 0.319 e. The standard InChI is InChI=1S/C17H26N2O3/c1-12(9-13(2)20)10-18-17(21)19-15-5-7-16(8-6-15)22-11-14-3-4-14/h5-8,12-14,20H,3-4,9-11H2,1-2H3,(H2,18,19,21)/t12-,13-/m0/s1. The second-order valence-corrected chi connectivity index (χ2v) is 6.30. The highest BCUT2D eigenvalue weighted by molar-refractivity contribution is 5.89. The van der Waals surface area contributed by atoms with Gasteiger partial charge in [0.15, 0.2) is 0 Å². The number of rotatable bonds is 8. The third-order valence-corrected chi connectivity index (χ3v) is 3.65. The summed E-state index contributed by atoms with van der Waals surface area (Å²) >= 11 is 0. The van der Waals surface area contributed by atoms with Gasteiger partial charge in [0, 0.05) is 12.2 Å². The number of aliphatic hydroxyl groups excluding tert-OH is 1. The monoisotopic (exact) mass is 306 g/mol. The number of hydrogen-bond acceptors (Lipinski definition) is 3. The molecule has 5 heteroatoms. The van der Waals surface area contributed by atoms with Gasteiger partial charge in [-0.1, -0.05) is 6.92 Å². The number of urea groups is 1. The lowest BCUT2D eigenvalue weighted by Gasteiger charge is -2.14. The molecule has 5 nitrogen and oxygen atoms in total. The van der Waals surface area contributed by atoms with Crippen LogP contribution in [0.1, 0.15) is 33.1 Å². The molecule has 1 aromatic carbocycles. The topological polar surface area (TPSA) is 70.6 Å². The van der Waals surface area contributed by atoms with E-state index in [-0.39, 0.29) is 18.1 Å². The van der Waals surface area contributed by atoms with Gasteiger partial charge in [-0.2, -0.15) is 0 Å². The van der Waals surface area contributed by atoms with Crippen LogP contribution in [-0.4, -0.2) is 30.4 Å². The van der Waals surface area contributed by atoms with Crippen molar-refractivity contribution in [3.63, 3.8) is 0 Å². The zero-order chi connectivity index (χ0) is 15.9. The summed E-state index contributed by atoms with van der Waals surface area (Å²) in [6, 6.07) is 7.17. The highest BCUT2D eigenvalue weighted by atomic mass is 16.5. The first-order chi connectivity index (χ1) is 10.5. The van der Waals surface area contributed by atoms with Gasteiger partial charge < -0.3 is 20.5 Å². The van der Waals surface area contributed by atoms with E-state index in [0.717, 1.165) is 24.0 Å². The second-order valence-electron chi connectivity index (χ2n) is 6.30. The summed E-state index contributed by atoms with van der Waals surface area (Å²) in [7, 11) is 0. The average Bonchev–Trinajstić information content (AvgIpc) is 3.28. The van der Waals surface area contributed by atoms with E-state index in [2.05, 4.69) is 10.6 Å². The lowest BCUT2D eigenvalue weighted by Crippen LogP contribution is -2.33. The summed E-state index contributed by atoms with van der Waals surface area (Å²) in [4.78, 5) is 11.8. The van der Waals surface area contributed by atoms with Crippen LogP contribution < -0.4 is 15.4 Å². The minimum atomic E-state index is -0.344. The Morgan fingerprint density at radius 2 is 2.00 bits per heavy atom. The summed E-state index contributed by atoms with van der Waals surface area (Å²) in [6.45, 7) is 5.08. The van der Waals surface area contributed by atoms with Gasteiger partial charge in [-0.15, -0.1) is 0 Å². The molecule has 1 saturated carbocycles. The number of aliphatic hydroxyl groups is 1. The van der Waals surface area contributed by atoms with E-state index < -0.39 is 0 Å². The van der Waals surface area contributed by atoms with E-state index in [4.69, 9.17) is 4.74 Å². The van der Waals surface area contributed by atoms with E-state index in [9.17, 15) is 9.90 Å². The molecular formula is C17H26N2O3. The van der Waals surface area contributed by atoms with E-state index in [0.29, 0.717) is 13.0 Å². The van der Waals surface area contributed by atoms with Gasteiger partial charge in [0.25, 0.3) is 0 Å². The van der Waals surface area contributed by atoms with Crippen LogP contribution in [-0.2, 0) is 0 Å². The minimum absolute atomic E-state index is 0.232. The quantitative estimate of drug-likeness (QED) is 0.691. The van der Waals surface area contributed by atoms with Crippen LogP contribution >= 0.6 is 0 Å². The highest BCUT2D eigenvalue weighted by Gasteiger charge is 2.21. The molecule has 1 fully saturated rings. The number of anilines is 1. The largest absolute Gasteiger partial charge is 0.493 e. The van der Waals surface area contributed by atoms with Gasteiger partial charge in [0.1, 0.15) is 5.75 Å². The van der Waals surface area contributed by atoms with Crippen molar-refractivity contribution in [3.05, 3.63) is 24.3 Å². The molecule has 1 aliphatic rings. The molecule has 0 bridgehead atoms. The Kier molecular flexibility index (Phi) is 6.07. The van der Waals surface area contributed by atoms with Crippen LogP contribution in [0.5, 0.6) is 5.75 Å². The molecule has 1 aliphatic carbocycles. The lowest BCUT2D eigenvalue weighted by atomic mass is 10.1. The maximum absolute atomic E-state index is 11.8.